The fraction of sp³-hybridized carbons (Fsp3) is 0.250. The van der Waals surface area contributed by atoms with Crippen LogP contribution in [0.3, 0.4) is 0 Å². The number of hydrogen-bond acceptors (Lipinski definition) is 7. The first-order valence-electron chi connectivity index (χ1n) is 4.54. The standard InChI is InChI=1S/C8H6F3N5S2/c1-17-7-16-15-6(18-7)14-5-12-3-2-4(13-5)8(9,10)11/h2-3H,1H3,(H,12,13,14,15). The molecule has 2 heterocycles. The Labute approximate surface area is 108 Å². The molecule has 2 rings (SSSR count). The molecular weight excluding hydrogens is 287 g/mol. The van der Waals surface area contributed by atoms with Crippen molar-refractivity contribution in [1.29, 1.82) is 0 Å². The maximum absolute atomic E-state index is 12.4. The van der Waals surface area contributed by atoms with Crippen molar-refractivity contribution < 1.29 is 13.2 Å². The average molecular weight is 293 g/mol. The van der Waals surface area contributed by atoms with E-state index >= 15 is 0 Å². The Morgan fingerprint density at radius 1 is 1.33 bits per heavy atom. The molecular formula is C8H6F3N5S2. The van der Waals surface area contributed by atoms with Crippen LogP contribution in [0.25, 0.3) is 0 Å². The molecule has 0 aliphatic carbocycles. The Hall–Kier alpha value is -1.42. The number of aromatic nitrogens is 4. The molecule has 2 aromatic heterocycles. The summed E-state index contributed by atoms with van der Waals surface area (Å²) in [7, 11) is 0. The van der Waals surface area contributed by atoms with Gasteiger partial charge in [-0.1, -0.05) is 23.1 Å². The van der Waals surface area contributed by atoms with Crippen molar-refractivity contribution in [2.24, 2.45) is 0 Å². The van der Waals surface area contributed by atoms with E-state index in [1.807, 2.05) is 6.26 Å². The van der Waals surface area contributed by atoms with Crippen molar-refractivity contribution in [3.05, 3.63) is 18.0 Å². The van der Waals surface area contributed by atoms with Gasteiger partial charge in [-0.2, -0.15) is 13.2 Å². The lowest BCUT2D eigenvalue weighted by molar-refractivity contribution is -0.141. The van der Waals surface area contributed by atoms with Crippen molar-refractivity contribution in [2.75, 3.05) is 11.6 Å². The van der Waals surface area contributed by atoms with Gasteiger partial charge in [0.05, 0.1) is 0 Å². The van der Waals surface area contributed by atoms with Crippen LogP contribution in [-0.4, -0.2) is 26.4 Å². The summed E-state index contributed by atoms with van der Waals surface area (Å²) in [4.78, 5) is 7.05. The van der Waals surface area contributed by atoms with Gasteiger partial charge in [-0.15, -0.1) is 10.2 Å². The number of nitrogens with zero attached hydrogens (tertiary/aromatic N) is 4. The first kappa shape index (κ1) is 13.0. The molecule has 0 spiro atoms. The van der Waals surface area contributed by atoms with Crippen LogP contribution in [0.1, 0.15) is 5.69 Å². The molecule has 0 aliphatic rings. The van der Waals surface area contributed by atoms with E-state index in [1.54, 1.807) is 0 Å². The number of rotatable bonds is 3. The first-order valence-corrected chi connectivity index (χ1v) is 6.58. The van der Waals surface area contributed by atoms with E-state index in [2.05, 4.69) is 25.5 Å². The second-order valence-corrected chi connectivity index (χ2v) is 5.00. The summed E-state index contributed by atoms with van der Waals surface area (Å²) in [6, 6.07) is 0.804. The number of hydrogen-bond donors (Lipinski definition) is 1. The predicted molar refractivity (Wildman–Crippen MR) is 62.0 cm³/mol. The monoisotopic (exact) mass is 293 g/mol. The van der Waals surface area contributed by atoms with E-state index in [-0.39, 0.29) is 5.95 Å². The highest BCUT2D eigenvalue weighted by Crippen LogP contribution is 2.29. The SMILES string of the molecule is CSc1nnc(Nc2nccc(C(F)(F)F)n2)s1. The van der Waals surface area contributed by atoms with Gasteiger partial charge in [0.1, 0.15) is 5.69 Å². The summed E-state index contributed by atoms with van der Waals surface area (Å²) in [5.41, 5.74) is -1.00. The molecule has 0 fully saturated rings. The number of anilines is 2. The number of halogens is 3. The summed E-state index contributed by atoms with van der Waals surface area (Å²) in [6.07, 6.45) is -1.63. The Morgan fingerprint density at radius 3 is 2.72 bits per heavy atom. The fourth-order valence-electron chi connectivity index (χ4n) is 1.02. The number of alkyl halides is 3. The van der Waals surface area contributed by atoms with Gasteiger partial charge in [0.2, 0.25) is 11.1 Å². The Kier molecular flexibility index (Phi) is 3.66. The lowest BCUT2D eigenvalue weighted by Gasteiger charge is -2.06. The molecule has 5 nitrogen and oxygen atoms in total. The molecule has 0 bridgehead atoms. The highest BCUT2D eigenvalue weighted by Gasteiger charge is 2.32. The van der Waals surface area contributed by atoms with Gasteiger partial charge in [0.15, 0.2) is 4.34 Å². The molecule has 0 saturated heterocycles. The van der Waals surface area contributed by atoms with E-state index in [0.29, 0.717) is 9.47 Å². The molecule has 0 amide bonds. The normalized spacial score (nSPS) is 11.6. The van der Waals surface area contributed by atoms with E-state index in [9.17, 15) is 13.2 Å². The maximum atomic E-state index is 12.4. The van der Waals surface area contributed by atoms with Crippen LogP contribution in [0.4, 0.5) is 24.3 Å². The van der Waals surface area contributed by atoms with Crippen molar-refractivity contribution >= 4 is 34.2 Å². The van der Waals surface area contributed by atoms with Crippen molar-refractivity contribution in [2.45, 2.75) is 10.5 Å². The molecule has 96 valence electrons. The minimum absolute atomic E-state index is 0.159. The van der Waals surface area contributed by atoms with Crippen LogP contribution in [0, 0.1) is 0 Å². The molecule has 1 N–H and O–H groups in total. The fourth-order valence-corrected chi connectivity index (χ4v) is 2.18. The zero-order valence-corrected chi connectivity index (χ0v) is 10.5. The van der Waals surface area contributed by atoms with Gasteiger partial charge < -0.3 is 0 Å². The van der Waals surface area contributed by atoms with Gasteiger partial charge in [-0.05, 0) is 12.3 Å². The quantitative estimate of drug-likeness (QED) is 0.878. The zero-order chi connectivity index (χ0) is 13.2. The molecule has 0 aromatic carbocycles. The summed E-state index contributed by atoms with van der Waals surface area (Å²) in [5.74, 6) is -0.159. The predicted octanol–water partition coefficient (Wildman–Crippen LogP) is 2.81. The molecule has 2 aromatic rings. The third-order valence-corrected chi connectivity index (χ3v) is 3.56. The van der Waals surface area contributed by atoms with Gasteiger partial charge in [-0.3, -0.25) is 5.32 Å². The third kappa shape index (κ3) is 3.07. The maximum Gasteiger partial charge on any atom is 0.433 e. The third-order valence-electron chi connectivity index (χ3n) is 1.75. The molecule has 10 heteroatoms. The largest absolute Gasteiger partial charge is 0.433 e. The average Bonchev–Trinajstić information content (AvgIpc) is 2.76. The highest BCUT2D eigenvalue weighted by atomic mass is 32.2. The summed E-state index contributed by atoms with van der Waals surface area (Å²) in [5, 5.41) is 10.5. The molecule has 0 aliphatic heterocycles. The van der Waals surface area contributed by atoms with Crippen molar-refractivity contribution in [3.8, 4) is 0 Å². The van der Waals surface area contributed by atoms with E-state index < -0.39 is 11.9 Å². The smallest absolute Gasteiger partial charge is 0.299 e. The Bertz CT molecular complexity index is 542. The van der Waals surface area contributed by atoms with Gasteiger partial charge >= 0.3 is 6.18 Å². The second kappa shape index (κ2) is 5.06. The van der Waals surface area contributed by atoms with Crippen LogP contribution in [0.2, 0.25) is 0 Å². The molecule has 18 heavy (non-hydrogen) atoms. The summed E-state index contributed by atoms with van der Waals surface area (Å²) >= 11 is 2.60. The Morgan fingerprint density at radius 2 is 2.11 bits per heavy atom. The van der Waals surface area contributed by atoms with E-state index in [4.69, 9.17) is 0 Å². The molecule has 0 saturated carbocycles. The Balaban J connectivity index is 2.19. The molecule has 0 radical (unpaired) electrons. The van der Waals surface area contributed by atoms with Crippen LogP contribution in [0.15, 0.2) is 16.6 Å². The van der Waals surface area contributed by atoms with E-state index in [1.165, 1.54) is 23.1 Å². The topological polar surface area (TPSA) is 63.6 Å². The summed E-state index contributed by atoms with van der Waals surface area (Å²) in [6.45, 7) is 0. The van der Waals surface area contributed by atoms with E-state index in [0.717, 1.165) is 12.3 Å². The van der Waals surface area contributed by atoms with Gasteiger partial charge in [0.25, 0.3) is 0 Å². The first-order chi connectivity index (χ1) is 8.49. The number of nitrogens with one attached hydrogen (secondary N) is 1. The summed E-state index contributed by atoms with van der Waals surface area (Å²) < 4.78 is 38.0. The van der Waals surface area contributed by atoms with Crippen LogP contribution >= 0.6 is 23.1 Å². The number of thioether (sulfide) groups is 1. The minimum Gasteiger partial charge on any atom is -0.299 e. The lowest BCUT2D eigenvalue weighted by atomic mass is 10.4. The van der Waals surface area contributed by atoms with Crippen LogP contribution in [0.5, 0.6) is 0 Å². The lowest BCUT2D eigenvalue weighted by Crippen LogP contribution is -2.09. The van der Waals surface area contributed by atoms with Gasteiger partial charge in [0, 0.05) is 6.20 Å². The molecule has 0 unspecified atom stereocenters. The van der Waals surface area contributed by atoms with Crippen molar-refractivity contribution in [1.82, 2.24) is 20.2 Å². The second-order valence-electron chi connectivity index (χ2n) is 2.97. The van der Waals surface area contributed by atoms with Gasteiger partial charge in [-0.25, -0.2) is 9.97 Å². The molecule has 0 atom stereocenters. The zero-order valence-electron chi connectivity index (χ0n) is 8.89. The highest BCUT2D eigenvalue weighted by molar-refractivity contribution is 8.00. The minimum atomic E-state index is -4.50. The van der Waals surface area contributed by atoms with Crippen LogP contribution in [-0.2, 0) is 6.18 Å². The van der Waals surface area contributed by atoms with Crippen molar-refractivity contribution in [3.63, 3.8) is 0 Å². The van der Waals surface area contributed by atoms with Crippen LogP contribution < -0.4 is 5.32 Å².